The molecule has 0 fully saturated rings. The number of rotatable bonds is 4. The Kier molecular flexibility index (Phi) is 3.78. The van der Waals surface area contributed by atoms with Gasteiger partial charge in [0.1, 0.15) is 11.5 Å². The van der Waals surface area contributed by atoms with Crippen molar-refractivity contribution in [1.29, 1.82) is 0 Å². The summed E-state index contributed by atoms with van der Waals surface area (Å²) in [5.74, 6) is 0.314. The van der Waals surface area contributed by atoms with Gasteiger partial charge in [-0.2, -0.15) is 0 Å². The second-order valence-electron chi connectivity index (χ2n) is 5.65. The van der Waals surface area contributed by atoms with Crippen LogP contribution in [0, 0.1) is 10.8 Å². The Morgan fingerprint density at radius 2 is 2.19 bits per heavy atom. The first-order chi connectivity index (χ1) is 10.2. The molecule has 0 spiro atoms. The first-order valence-corrected chi connectivity index (χ1v) is 7.51. The van der Waals surface area contributed by atoms with E-state index in [1.165, 1.54) is 0 Å². The lowest BCUT2D eigenvalue weighted by Crippen LogP contribution is -2.23. The molecule has 1 aromatic heterocycles. The molecule has 1 atom stereocenters. The molecule has 0 saturated heterocycles. The van der Waals surface area contributed by atoms with Crippen molar-refractivity contribution in [3.05, 3.63) is 40.4 Å². The number of pyridine rings is 1. The first kappa shape index (κ1) is 13.9. The zero-order chi connectivity index (χ0) is 14.8. The van der Waals surface area contributed by atoms with Crippen LogP contribution in [0.1, 0.15) is 37.4 Å². The summed E-state index contributed by atoms with van der Waals surface area (Å²) < 4.78 is 0. The number of carbonyl (C=O) groups excluding carboxylic acids is 1. The number of carbonyl (C=O) groups is 1. The summed E-state index contributed by atoms with van der Waals surface area (Å²) in [4.78, 5) is 28.1. The number of benzene rings is 1. The molecule has 2 aromatic rings. The SMILES string of the molecule is CCCC(=O)C1CCc2nc3ccccc3c(N=O)c2C1. The second-order valence-corrected chi connectivity index (χ2v) is 5.65. The number of aromatic nitrogens is 1. The zero-order valence-corrected chi connectivity index (χ0v) is 12.1. The highest BCUT2D eigenvalue weighted by molar-refractivity contribution is 5.92. The number of fused-ring (bicyclic) bond motifs is 2. The highest BCUT2D eigenvalue weighted by atomic mass is 16.3. The Balaban J connectivity index is 2.06. The summed E-state index contributed by atoms with van der Waals surface area (Å²) in [7, 11) is 0. The van der Waals surface area contributed by atoms with E-state index in [0.717, 1.165) is 41.4 Å². The summed E-state index contributed by atoms with van der Waals surface area (Å²) in [6.45, 7) is 2.02. The van der Waals surface area contributed by atoms with Crippen molar-refractivity contribution in [2.45, 2.75) is 39.0 Å². The van der Waals surface area contributed by atoms with Crippen molar-refractivity contribution < 1.29 is 4.79 Å². The number of nitrogens with zero attached hydrogens (tertiary/aromatic N) is 2. The number of para-hydroxylation sites is 1. The number of Topliss-reactive ketones (excluding diaryl/α,β-unsaturated/α-hetero) is 1. The summed E-state index contributed by atoms with van der Waals surface area (Å²) in [6, 6.07) is 7.57. The maximum Gasteiger partial charge on any atom is 0.136 e. The third-order valence-electron chi connectivity index (χ3n) is 4.27. The highest BCUT2D eigenvalue weighted by Gasteiger charge is 2.28. The third-order valence-corrected chi connectivity index (χ3v) is 4.27. The lowest BCUT2D eigenvalue weighted by atomic mass is 9.81. The molecule has 1 aromatic carbocycles. The first-order valence-electron chi connectivity index (χ1n) is 7.51. The number of hydrogen-bond donors (Lipinski definition) is 0. The van der Waals surface area contributed by atoms with Crippen molar-refractivity contribution in [2.24, 2.45) is 11.1 Å². The molecule has 0 radical (unpaired) electrons. The predicted octanol–water partition coefficient (Wildman–Crippen LogP) is 4.11. The Hall–Kier alpha value is -2.10. The van der Waals surface area contributed by atoms with Gasteiger partial charge in [-0.3, -0.25) is 9.78 Å². The summed E-state index contributed by atoms with van der Waals surface area (Å²) in [5.41, 5.74) is 3.10. The van der Waals surface area contributed by atoms with Gasteiger partial charge in [-0.1, -0.05) is 25.1 Å². The fourth-order valence-corrected chi connectivity index (χ4v) is 3.19. The van der Waals surface area contributed by atoms with Gasteiger partial charge in [0.05, 0.1) is 5.52 Å². The molecule has 3 rings (SSSR count). The Morgan fingerprint density at radius 3 is 2.95 bits per heavy atom. The van der Waals surface area contributed by atoms with E-state index >= 15 is 0 Å². The van der Waals surface area contributed by atoms with Crippen LogP contribution in [0.15, 0.2) is 29.4 Å². The van der Waals surface area contributed by atoms with Crippen molar-refractivity contribution in [2.75, 3.05) is 0 Å². The molecule has 0 N–H and O–H groups in total. The van der Waals surface area contributed by atoms with Crippen LogP contribution in [0.3, 0.4) is 0 Å². The maximum atomic E-state index is 12.1. The van der Waals surface area contributed by atoms with Crippen LogP contribution in [0.5, 0.6) is 0 Å². The molecular formula is C17H18N2O2. The summed E-state index contributed by atoms with van der Waals surface area (Å²) >= 11 is 0. The second kappa shape index (κ2) is 5.72. The van der Waals surface area contributed by atoms with Gasteiger partial charge in [-0.05, 0) is 36.9 Å². The Labute approximate surface area is 123 Å². The van der Waals surface area contributed by atoms with Gasteiger partial charge >= 0.3 is 0 Å². The maximum absolute atomic E-state index is 12.1. The standard InChI is InChI=1S/C17H18N2O2/c1-2-5-16(20)11-8-9-15-13(10-11)17(19-21)12-6-3-4-7-14(12)18-15/h3-4,6-7,11H,2,5,8-10H2,1H3. The molecule has 4 nitrogen and oxygen atoms in total. The summed E-state index contributed by atoms with van der Waals surface area (Å²) in [6.07, 6.45) is 3.67. The molecule has 108 valence electrons. The fourth-order valence-electron chi connectivity index (χ4n) is 3.19. The van der Waals surface area contributed by atoms with Gasteiger partial charge in [-0.15, -0.1) is 4.91 Å². The molecule has 4 heteroatoms. The molecule has 0 aliphatic heterocycles. The van der Waals surface area contributed by atoms with Crippen molar-refractivity contribution in [1.82, 2.24) is 4.98 Å². The monoisotopic (exact) mass is 282 g/mol. The van der Waals surface area contributed by atoms with Gasteiger partial charge in [0.25, 0.3) is 0 Å². The minimum atomic E-state index is 0.0147. The van der Waals surface area contributed by atoms with E-state index in [1.807, 2.05) is 31.2 Å². The van der Waals surface area contributed by atoms with Gasteiger partial charge in [0.15, 0.2) is 0 Å². The molecular weight excluding hydrogens is 264 g/mol. The smallest absolute Gasteiger partial charge is 0.136 e. The highest BCUT2D eigenvalue weighted by Crippen LogP contribution is 2.37. The van der Waals surface area contributed by atoms with Crippen molar-refractivity contribution in [3.8, 4) is 0 Å². The van der Waals surface area contributed by atoms with Gasteiger partial charge < -0.3 is 0 Å². The van der Waals surface area contributed by atoms with Crippen molar-refractivity contribution in [3.63, 3.8) is 0 Å². The minimum Gasteiger partial charge on any atom is -0.299 e. The van der Waals surface area contributed by atoms with E-state index in [1.54, 1.807) is 0 Å². The Morgan fingerprint density at radius 1 is 1.38 bits per heavy atom. The van der Waals surface area contributed by atoms with Crippen LogP contribution in [-0.4, -0.2) is 10.8 Å². The molecule has 1 aliphatic rings. The van der Waals surface area contributed by atoms with Crippen LogP contribution >= 0.6 is 0 Å². The van der Waals surface area contributed by atoms with E-state index < -0.39 is 0 Å². The third kappa shape index (κ3) is 2.46. The van der Waals surface area contributed by atoms with Gasteiger partial charge in [0.2, 0.25) is 0 Å². The number of hydrogen-bond acceptors (Lipinski definition) is 4. The van der Waals surface area contributed by atoms with Crippen molar-refractivity contribution >= 4 is 22.4 Å². The molecule has 0 saturated carbocycles. The molecule has 0 bridgehead atoms. The van der Waals surface area contributed by atoms with E-state index in [9.17, 15) is 9.70 Å². The molecule has 1 unspecified atom stereocenters. The molecule has 1 aliphatic carbocycles. The number of aryl methyl sites for hydroxylation is 1. The molecule has 1 heterocycles. The van der Waals surface area contributed by atoms with Gasteiger partial charge in [0, 0.05) is 29.0 Å². The lowest BCUT2D eigenvalue weighted by molar-refractivity contribution is -0.123. The fraction of sp³-hybridized carbons (Fsp3) is 0.412. The van der Waals surface area contributed by atoms with E-state index in [-0.39, 0.29) is 5.92 Å². The molecule has 0 amide bonds. The quantitative estimate of drug-likeness (QED) is 0.793. The van der Waals surface area contributed by atoms with Crippen LogP contribution in [0.25, 0.3) is 10.9 Å². The lowest BCUT2D eigenvalue weighted by Gasteiger charge is -2.24. The Bertz CT molecular complexity index is 709. The topological polar surface area (TPSA) is 59.4 Å². The van der Waals surface area contributed by atoms with Crippen LogP contribution in [0.2, 0.25) is 0 Å². The number of nitroso groups, excluding NO2 is 1. The average molecular weight is 282 g/mol. The van der Waals surface area contributed by atoms with E-state index in [4.69, 9.17) is 0 Å². The normalized spacial score (nSPS) is 17.5. The van der Waals surface area contributed by atoms with Gasteiger partial charge in [-0.25, -0.2) is 0 Å². The summed E-state index contributed by atoms with van der Waals surface area (Å²) in [5, 5.41) is 4.04. The molecule has 21 heavy (non-hydrogen) atoms. The van der Waals surface area contributed by atoms with E-state index in [0.29, 0.717) is 24.3 Å². The zero-order valence-electron chi connectivity index (χ0n) is 12.1. The number of ketones is 1. The van der Waals surface area contributed by atoms with Crippen LogP contribution in [-0.2, 0) is 17.6 Å². The van der Waals surface area contributed by atoms with E-state index in [2.05, 4.69) is 10.2 Å². The largest absolute Gasteiger partial charge is 0.299 e. The predicted molar refractivity (Wildman–Crippen MR) is 82.6 cm³/mol. The average Bonchev–Trinajstić information content (AvgIpc) is 2.52. The van der Waals surface area contributed by atoms with Crippen LogP contribution in [0.4, 0.5) is 5.69 Å². The van der Waals surface area contributed by atoms with Crippen LogP contribution < -0.4 is 0 Å². The minimum absolute atomic E-state index is 0.0147.